The predicted molar refractivity (Wildman–Crippen MR) is 207 cm³/mol. The van der Waals surface area contributed by atoms with Crippen molar-refractivity contribution in [2.75, 3.05) is 76.8 Å². The number of rotatable bonds is 10. The highest BCUT2D eigenvalue weighted by Gasteiger charge is 2.38. The number of aliphatic hydroxyl groups is 1. The summed E-state index contributed by atoms with van der Waals surface area (Å²) in [6.07, 6.45) is 3.18. The lowest BCUT2D eigenvalue weighted by atomic mass is 9.96. The SMILES string of the molecule is COc1cc(-c2cn(C)c(=O)c3[nH]ncc23)cc(OC)c1CN1CCN(C(=O)CN2CCN(c3ccc(NC4CCC(=O)NC4O)cc3F)CC2)C(C)(C)C1. The van der Waals surface area contributed by atoms with E-state index in [1.54, 1.807) is 45.8 Å². The molecular weight excluding hydrogens is 709 g/mol. The van der Waals surface area contributed by atoms with Gasteiger partial charge in [0.15, 0.2) is 0 Å². The molecule has 16 heteroatoms. The zero-order chi connectivity index (χ0) is 39.0. The summed E-state index contributed by atoms with van der Waals surface area (Å²) in [6, 6.07) is 8.47. The summed E-state index contributed by atoms with van der Waals surface area (Å²) < 4.78 is 28.6. The van der Waals surface area contributed by atoms with E-state index in [4.69, 9.17) is 9.47 Å². The fourth-order valence-corrected chi connectivity index (χ4v) is 8.18. The molecule has 15 nitrogen and oxygen atoms in total. The van der Waals surface area contributed by atoms with Gasteiger partial charge in [-0.15, -0.1) is 0 Å². The quantitative estimate of drug-likeness (QED) is 0.188. The molecule has 3 fully saturated rings. The number of H-pyrrole nitrogens is 1. The fraction of sp³-hybridized carbons (Fsp3) is 0.487. The number of aliphatic hydroxyl groups excluding tert-OH is 1. The Hall–Kier alpha value is -5.19. The van der Waals surface area contributed by atoms with Crippen LogP contribution in [0.1, 0.15) is 32.3 Å². The first-order valence-electron chi connectivity index (χ1n) is 18.7. The van der Waals surface area contributed by atoms with Crippen molar-refractivity contribution < 1.29 is 28.6 Å². The largest absolute Gasteiger partial charge is 0.496 e. The van der Waals surface area contributed by atoms with Gasteiger partial charge in [0.05, 0.1) is 49.8 Å². The third-order valence-corrected chi connectivity index (χ3v) is 11.1. The van der Waals surface area contributed by atoms with Crippen molar-refractivity contribution in [3.8, 4) is 22.6 Å². The number of hydrogen-bond donors (Lipinski definition) is 4. The number of aromatic nitrogens is 3. The van der Waals surface area contributed by atoms with Crippen LogP contribution in [0.5, 0.6) is 11.5 Å². The Balaban J connectivity index is 0.949. The van der Waals surface area contributed by atoms with E-state index in [1.807, 2.05) is 21.9 Å². The lowest BCUT2D eigenvalue weighted by molar-refractivity contribution is -0.142. The van der Waals surface area contributed by atoms with Crippen LogP contribution in [0.2, 0.25) is 0 Å². The van der Waals surface area contributed by atoms with Gasteiger partial charge in [-0.25, -0.2) is 4.39 Å². The van der Waals surface area contributed by atoms with Gasteiger partial charge in [0.1, 0.15) is 29.1 Å². The molecule has 0 spiro atoms. The molecule has 2 aromatic carbocycles. The van der Waals surface area contributed by atoms with E-state index < -0.39 is 17.8 Å². The van der Waals surface area contributed by atoms with E-state index >= 15 is 4.39 Å². The van der Waals surface area contributed by atoms with Gasteiger partial charge in [0.2, 0.25) is 11.8 Å². The fourth-order valence-electron chi connectivity index (χ4n) is 8.18. The highest BCUT2D eigenvalue weighted by molar-refractivity contribution is 5.94. The molecule has 3 aliphatic rings. The molecule has 2 unspecified atom stereocenters. The van der Waals surface area contributed by atoms with Crippen molar-refractivity contribution in [3.05, 3.63) is 64.5 Å². The number of ether oxygens (including phenoxy) is 2. The van der Waals surface area contributed by atoms with Crippen LogP contribution in [0.15, 0.2) is 47.5 Å². The minimum atomic E-state index is -1.03. The van der Waals surface area contributed by atoms with E-state index in [-0.39, 0.29) is 23.2 Å². The van der Waals surface area contributed by atoms with Gasteiger partial charge in [-0.2, -0.15) is 5.10 Å². The molecule has 2 amide bonds. The molecule has 0 aliphatic carbocycles. The molecule has 2 aromatic heterocycles. The lowest BCUT2D eigenvalue weighted by Gasteiger charge is -2.48. The van der Waals surface area contributed by atoms with E-state index in [9.17, 15) is 19.5 Å². The normalized spacial score (nSPS) is 20.7. The zero-order valence-electron chi connectivity index (χ0n) is 32.0. The van der Waals surface area contributed by atoms with Gasteiger partial charge >= 0.3 is 0 Å². The van der Waals surface area contributed by atoms with Crippen molar-refractivity contribution in [3.63, 3.8) is 0 Å². The summed E-state index contributed by atoms with van der Waals surface area (Å²) in [4.78, 5) is 46.3. The number of piperidine rings is 1. The average molecular weight is 760 g/mol. The molecule has 0 radical (unpaired) electrons. The maximum Gasteiger partial charge on any atom is 0.276 e. The molecule has 3 aliphatic heterocycles. The Bertz CT molecular complexity index is 2100. The van der Waals surface area contributed by atoms with Crippen LogP contribution in [0.25, 0.3) is 22.0 Å². The van der Waals surface area contributed by atoms with Crippen LogP contribution in [0, 0.1) is 5.82 Å². The molecule has 55 heavy (non-hydrogen) atoms. The van der Waals surface area contributed by atoms with Crippen molar-refractivity contribution in [1.82, 2.24) is 34.8 Å². The molecule has 3 saturated heterocycles. The third kappa shape index (κ3) is 7.84. The van der Waals surface area contributed by atoms with Crippen molar-refractivity contribution >= 4 is 34.1 Å². The Morgan fingerprint density at radius 1 is 1.04 bits per heavy atom. The van der Waals surface area contributed by atoms with E-state index in [0.29, 0.717) is 106 Å². The highest BCUT2D eigenvalue weighted by Crippen LogP contribution is 2.38. The number of anilines is 2. The number of pyridine rings is 1. The first kappa shape index (κ1) is 38.1. The Labute approximate surface area is 319 Å². The summed E-state index contributed by atoms with van der Waals surface area (Å²) in [5.41, 5.74) is 3.44. The Kier molecular flexibility index (Phi) is 10.7. The first-order chi connectivity index (χ1) is 26.3. The minimum absolute atomic E-state index is 0.0723. The van der Waals surface area contributed by atoms with Crippen LogP contribution in [0.4, 0.5) is 15.8 Å². The minimum Gasteiger partial charge on any atom is -0.496 e. The number of nitrogens with zero attached hydrogens (tertiary/aromatic N) is 6. The molecule has 4 aromatic rings. The van der Waals surface area contributed by atoms with Gasteiger partial charge in [-0.3, -0.25) is 29.3 Å². The van der Waals surface area contributed by atoms with Crippen molar-refractivity contribution in [1.29, 1.82) is 0 Å². The molecule has 0 bridgehead atoms. The van der Waals surface area contributed by atoms with Crippen LogP contribution >= 0.6 is 0 Å². The van der Waals surface area contributed by atoms with Crippen LogP contribution in [0.3, 0.4) is 0 Å². The molecule has 294 valence electrons. The Morgan fingerprint density at radius 2 is 1.75 bits per heavy atom. The van der Waals surface area contributed by atoms with Crippen molar-refractivity contribution in [2.24, 2.45) is 7.05 Å². The molecular formula is C39H50FN9O6. The second-order valence-electron chi connectivity index (χ2n) is 15.3. The molecule has 2 atom stereocenters. The van der Waals surface area contributed by atoms with Gasteiger partial charge in [-0.1, -0.05) is 0 Å². The molecule has 4 N–H and O–H groups in total. The monoisotopic (exact) mass is 759 g/mol. The number of amides is 2. The molecule has 0 saturated carbocycles. The number of benzene rings is 2. The van der Waals surface area contributed by atoms with E-state index in [0.717, 1.165) is 16.7 Å². The number of aromatic amines is 1. The highest BCUT2D eigenvalue weighted by atomic mass is 19.1. The number of carbonyl (C=O) groups excluding carboxylic acids is 2. The van der Waals surface area contributed by atoms with Crippen LogP contribution in [-0.2, 0) is 23.2 Å². The van der Waals surface area contributed by atoms with Crippen LogP contribution < -0.4 is 30.6 Å². The first-order valence-corrected chi connectivity index (χ1v) is 18.7. The predicted octanol–water partition coefficient (Wildman–Crippen LogP) is 2.34. The number of halogens is 1. The van der Waals surface area contributed by atoms with Gasteiger partial charge in [0, 0.05) is 88.7 Å². The summed E-state index contributed by atoms with van der Waals surface area (Å²) >= 11 is 0. The summed E-state index contributed by atoms with van der Waals surface area (Å²) in [6.45, 7) is 9.34. The Morgan fingerprint density at radius 3 is 2.40 bits per heavy atom. The average Bonchev–Trinajstić information content (AvgIpc) is 3.65. The number of aryl methyl sites for hydroxylation is 1. The zero-order valence-corrected chi connectivity index (χ0v) is 32.0. The van der Waals surface area contributed by atoms with Gasteiger partial charge in [-0.05, 0) is 56.2 Å². The lowest BCUT2D eigenvalue weighted by Crippen LogP contribution is -2.62. The summed E-state index contributed by atoms with van der Waals surface area (Å²) in [7, 11) is 4.98. The third-order valence-electron chi connectivity index (χ3n) is 11.1. The van der Waals surface area contributed by atoms with Crippen molar-refractivity contribution in [2.45, 2.75) is 51.0 Å². The number of nitrogens with one attached hydrogen (secondary N) is 3. The topological polar surface area (TPSA) is 161 Å². The van der Waals surface area contributed by atoms with Gasteiger partial charge in [0.25, 0.3) is 5.56 Å². The molecule has 5 heterocycles. The number of methoxy groups -OCH3 is 2. The number of hydrogen-bond acceptors (Lipinski definition) is 11. The number of piperazine rings is 2. The van der Waals surface area contributed by atoms with Crippen LogP contribution in [-0.4, -0.2) is 131 Å². The second-order valence-corrected chi connectivity index (χ2v) is 15.3. The smallest absolute Gasteiger partial charge is 0.276 e. The number of carbonyl (C=O) groups is 2. The standard InChI is InChI=1S/C39H50FN9O6/c1-39(2)23-47(21-28-32(54-4)16-24(17-33(28)55-5)27-20-45(3)38(53)36-26(27)19-41-44-36)12-15-49(39)35(51)22-46-10-13-48(14-11-46)31-8-6-25(18-29(31)40)42-30-7-9-34(50)43-37(30)52/h6,8,16-20,30,37,42,52H,7,9-15,21-23H2,1-5H3,(H,41,44)(H,43,50). The number of fused-ring (bicyclic) bond motifs is 1. The van der Waals surface area contributed by atoms with E-state index in [2.05, 4.69) is 44.5 Å². The second kappa shape index (κ2) is 15.5. The molecule has 7 rings (SSSR count). The maximum atomic E-state index is 15.3. The summed E-state index contributed by atoms with van der Waals surface area (Å²) in [5.74, 6) is 0.837. The van der Waals surface area contributed by atoms with E-state index in [1.165, 1.54) is 10.6 Å². The summed E-state index contributed by atoms with van der Waals surface area (Å²) in [5, 5.41) is 23.4. The van der Waals surface area contributed by atoms with Gasteiger partial charge < -0.3 is 39.6 Å². The maximum absolute atomic E-state index is 15.3.